The van der Waals surface area contributed by atoms with Crippen molar-refractivity contribution in [3.8, 4) is 0 Å². The van der Waals surface area contributed by atoms with Crippen molar-refractivity contribution in [2.75, 3.05) is 0 Å². The van der Waals surface area contributed by atoms with Gasteiger partial charge in [0, 0.05) is 24.5 Å². The van der Waals surface area contributed by atoms with E-state index in [1.165, 1.54) is 12.1 Å². The van der Waals surface area contributed by atoms with E-state index in [0.717, 1.165) is 5.69 Å². The molecule has 2 aromatic rings. The van der Waals surface area contributed by atoms with Crippen LogP contribution in [0.15, 0.2) is 41.5 Å². The third-order valence-corrected chi connectivity index (χ3v) is 2.09. The standard InChI is InChI=1S/C10H8ClN3O/c11-10-2-1-8(12-13-10)7-14-5-3-9(15)4-6-14/h1-6H,7H2. The summed E-state index contributed by atoms with van der Waals surface area (Å²) in [4.78, 5) is 10.9. The summed E-state index contributed by atoms with van der Waals surface area (Å²) < 4.78 is 1.85. The van der Waals surface area contributed by atoms with E-state index in [1.54, 1.807) is 24.5 Å². The molecule has 0 fully saturated rings. The van der Waals surface area contributed by atoms with Crippen molar-refractivity contribution in [2.45, 2.75) is 6.54 Å². The van der Waals surface area contributed by atoms with Gasteiger partial charge in [0.05, 0.1) is 12.2 Å². The molecule has 0 aliphatic heterocycles. The van der Waals surface area contributed by atoms with E-state index >= 15 is 0 Å². The summed E-state index contributed by atoms with van der Waals surface area (Å²) in [5.41, 5.74) is 0.788. The number of aromatic nitrogens is 3. The van der Waals surface area contributed by atoms with E-state index in [2.05, 4.69) is 10.2 Å². The van der Waals surface area contributed by atoms with Gasteiger partial charge in [-0.25, -0.2) is 0 Å². The molecule has 2 rings (SSSR count). The van der Waals surface area contributed by atoms with Crippen molar-refractivity contribution < 1.29 is 0 Å². The Morgan fingerprint density at radius 1 is 1.13 bits per heavy atom. The molecule has 0 aliphatic rings. The summed E-state index contributed by atoms with van der Waals surface area (Å²) >= 11 is 5.61. The van der Waals surface area contributed by atoms with Crippen molar-refractivity contribution in [2.24, 2.45) is 0 Å². The van der Waals surface area contributed by atoms with Crippen LogP contribution in [-0.4, -0.2) is 14.8 Å². The molecule has 0 saturated carbocycles. The number of hydrogen-bond acceptors (Lipinski definition) is 3. The first kappa shape index (κ1) is 9.86. The summed E-state index contributed by atoms with van der Waals surface area (Å²) in [6.07, 6.45) is 3.41. The number of nitrogens with zero attached hydrogens (tertiary/aromatic N) is 3. The Bertz CT molecular complexity index is 486. The Labute approximate surface area is 91.2 Å². The van der Waals surface area contributed by atoms with Gasteiger partial charge in [-0.1, -0.05) is 11.6 Å². The molecule has 0 spiro atoms. The molecule has 0 aliphatic carbocycles. The average molecular weight is 222 g/mol. The molecule has 4 nitrogen and oxygen atoms in total. The Kier molecular flexibility index (Phi) is 2.78. The minimum Gasteiger partial charge on any atom is -0.348 e. The maximum Gasteiger partial charge on any atom is 0.181 e. The van der Waals surface area contributed by atoms with Gasteiger partial charge in [0.2, 0.25) is 0 Å². The first-order chi connectivity index (χ1) is 7.24. The molecule has 76 valence electrons. The molecule has 15 heavy (non-hydrogen) atoms. The Hall–Kier alpha value is -1.68. The largest absolute Gasteiger partial charge is 0.348 e. The van der Waals surface area contributed by atoms with Crippen LogP contribution < -0.4 is 5.43 Å². The highest BCUT2D eigenvalue weighted by atomic mass is 35.5. The highest BCUT2D eigenvalue weighted by molar-refractivity contribution is 6.29. The summed E-state index contributed by atoms with van der Waals surface area (Å²) in [5.74, 6) is 0. The molecule has 2 aromatic heterocycles. The molecular formula is C10H8ClN3O. The molecule has 0 amide bonds. The van der Waals surface area contributed by atoms with Crippen molar-refractivity contribution in [1.29, 1.82) is 0 Å². The predicted octanol–water partition coefficient (Wildman–Crippen LogP) is 1.34. The Morgan fingerprint density at radius 3 is 2.47 bits per heavy atom. The van der Waals surface area contributed by atoms with Crippen LogP contribution in [0.5, 0.6) is 0 Å². The number of hydrogen-bond donors (Lipinski definition) is 0. The van der Waals surface area contributed by atoms with Gasteiger partial charge < -0.3 is 4.57 Å². The van der Waals surface area contributed by atoms with Gasteiger partial charge in [0.15, 0.2) is 10.6 Å². The predicted molar refractivity (Wildman–Crippen MR) is 56.8 cm³/mol. The molecular weight excluding hydrogens is 214 g/mol. The van der Waals surface area contributed by atoms with E-state index in [-0.39, 0.29) is 5.43 Å². The summed E-state index contributed by atoms with van der Waals surface area (Å²) in [6, 6.07) is 6.49. The van der Waals surface area contributed by atoms with Gasteiger partial charge in [-0.15, -0.1) is 5.10 Å². The zero-order valence-electron chi connectivity index (χ0n) is 7.80. The molecule has 0 N–H and O–H groups in total. The van der Waals surface area contributed by atoms with E-state index in [1.807, 2.05) is 4.57 Å². The number of rotatable bonds is 2. The van der Waals surface area contributed by atoms with E-state index in [0.29, 0.717) is 11.7 Å². The van der Waals surface area contributed by atoms with Crippen LogP contribution in [0.2, 0.25) is 5.15 Å². The molecule has 0 radical (unpaired) electrons. The lowest BCUT2D eigenvalue weighted by atomic mass is 10.3. The normalized spacial score (nSPS) is 10.2. The highest BCUT2D eigenvalue weighted by Crippen LogP contribution is 2.03. The minimum atomic E-state index is -0.00607. The smallest absolute Gasteiger partial charge is 0.181 e. The Balaban J connectivity index is 2.18. The third-order valence-electron chi connectivity index (χ3n) is 1.89. The highest BCUT2D eigenvalue weighted by Gasteiger charge is 1.96. The zero-order valence-corrected chi connectivity index (χ0v) is 8.55. The zero-order chi connectivity index (χ0) is 10.7. The summed E-state index contributed by atoms with van der Waals surface area (Å²) in [6.45, 7) is 0.574. The Morgan fingerprint density at radius 2 is 1.87 bits per heavy atom. The van der Waals surface area contributed by atoms with Crippen LogP contribution in [-0.2, 0) is 6.54 Å². The van der Waals surface area contributed by atoms with E-state index < -0.39 is 0 Å². The first-order valence-electron chi connectivity index (χ1n) is 4.38. The molecule has 0 saturated heterocycles. The van der Waals surface area contributed by atoms with E-state index in [9.17, 15) is 4.79 Å². The van der Waals surface area contributed by atoms with Gasteiger partial charge >= 0.3 is 0 Å². The molecule has 5 heteroatoms. The van der Waals surface area contributed by atoms with Crippen molar-refractivity contribution in [3.63, 3.8) is 0 Å². The lowest BCUT2D eigenvalue weighted by molar-refractivity contribution is 0.746. The summed E-state index contributed by atoms with van der Waals surface area (Å²) in [5, 5.41) is 8.02. The second kappa shape index (κ2) is 4.23. The van der Waals surface area contributed by atoms with Crippen LogP contribution in [0.4, 0.5) is 0 Å². The second-order valence-electron chi connectivity index (χ2n) is 3.05. The van der Waals surface area contributed by atoms with Crippen molar-refractivity contribution in [1.82, 2.24) is 14.8 Å². The number of pyridine rings is 1. The maximum atomic E-state index is 10.9. The second-order valence-corrected chi connectivity index (χ2v) is 3.44. The van der Waals surface area contributed by atoms with E-state index in [4.69, 9.17) is 11.6 Å². The number of halogens is 1. The first-order valence-corrected chi connectivity index (χ1v) is 4.76. The molecule has 0 bridgehead atoms. The fraction of sp³-hybridized carbons (Fsp3) is 0.100. The van der Waals surface area contributed by atoms with Crippen molar-refractivity contribution in [3.05, 3.63) is 57.7 Å². The fourth-order valence-corrected chi connectivity index (χ4v) is 1.26. The van der Waals surface area contributed by atoms with Crippen LogP contribution in [0.3, 0.4) is 0 Å². The van der Waals surface area contributed by atoms with Crippen LogP contribution in [0.25, 0.3) is 0 Å². The van der Waals surface area contributed by atoms with Crippen LogP contribution in [0.1, 0.15) is 5.69 Å². The van der Waals surface area contributed by atoms with Crippen LogP contribution in [0, 0.1) is 0 Å². The SMILES string of the molecule is O=c1ccn(Cc2ccc(Cl)nn2)cc1. The lowest BCUT2D eigenvalue weighted by Gasteiger charge is -2.03. The quantitative estimate of drug-likeness (QED) is 0.769. The minimum absolute atomic E-state index is 0.00607. The van der Waals surface area contributed by atoms with Crippen molar-refractivity contribution >= 4 is 11.6 Å². The van der Waals surface area contributed by atoms with Gasteiger partial charge in [0.25, 0.3) is 0 Å². The van der Waals surface area contributed by atoms with Crippen LogP contribution >= 0.6 is 11.6 Å². The monoisotopic (exact) mass is 221 g/mol. The van der Waals surface area contributed by atoms with Gasteiger partial charge in [-0.3, -0.25) is 4.79 Å². The average Bonchev–Trinajstić information content (AvgIpc) is 2.25. The topological polar surface area (TPSA) is 47.8 Å². The molecule has 0 atom stereocenters. The van der Waals surface area contributed by atoms with Gasteiger partial charge in [0.1, 0.15) is 0 Å². The lowest BCUT2D eigenvalue weighted by Crippen LogP contribution is -2.06. The molecule has 2 heterocycles. The molecule has 0 aromatic carbocycles. The maximum absolute atomic E-state index is 10.9. The van der Waals surface area contributed by atoms with Gasteiger partial charge in [-0.2, -0.15) is 5.10 Å². The van der Waals surface area contributed by atoms with Gasteiger partial charge in [-0.05, 0) is 12.1 Å². The fourth-order valence-electron chi connectivity index (χ4n) is 1.16. The third kappa shape index (κ3) is 2.63. The summed E-state index contributed by atoms with van der Waals surface area (Å²) in [7, 11) is 0. The molecule has 0 unspecified atom stereocenters.